The van der Waals surface area contributed by atoms with Crippen molar-refractivity contribution in [1.82, 2.24) is 14.3 Å². The Morgan fingerprint density at radius 2 is 2.09 bits per heavy atom. The monoisotopic (exact) mass is 332 g/mol. The van der Waals surface area contributed by atoms with Crippen molar-refractivity contribution in [2.75, 3.05) is 13.1 Å². The third-order valence-corrected chi connectivity index (χ3v) is 5.31. The Morgan fingerprint density at radius 1 is 1.35 bits per heavy atom. The number of imidazole rings is 1. The number of primary amides is 1. The summed E-state index contributed by atoms with van der Waals surface area (Å²) in [6, 6.07) is 5.89. The first-order valence-electron chi connectivity index (χ1n) is 7.73. The van der Waals surface area contributed by atoms with Crippen LogP contribution >= 0.6 is 11.8 Å². The number of aromatic nitrogens is 2. The largest absolute Gasteiger partial charge is 0.369 e. The molecule has 0 spiro atoms. The SMILES string of the molecule is CC(Sc1ncc2ccccn12)C(=O)N1CCC(C(N)=O)CC1. The lowest BCUT2D eigenvalue weighted by Gasteiger charge is -2.32. The number of fused-ring (bicyclic) bond motifs is 1. The van der Waals surface area contributed by atoms with Crippen LogP contribution in [0.3, 0.4) is 0 Å². The summed E-state index contributed by atoms with van der Waals surface area (Å²) in [5, 5.41) is 0.597. The van der Waals surface area contributed by atoms with E-state index in [1.54, 1.807) is 6.20 Å². The van der Waals surface area contributed by atoms with E-state index in [4.69, 9.17) is 5.73 Å². The van der Waals surface area contributed by atoms with E-state index in [1.807, 2.05) is 40.6 Å². The van der Waals surface area contributed by atoms with E-state index in [0.717, 1.165) is 10.7 Å². The molecule has 23 heavy (non-hydrogen) atoms. The second kappa shape index (κ2) is 6.62. The average Bonchev–Trinajstić information content (AvgIpc) is 2.97. The van der Waals surface area contributed by atoms with Crippen molar-refractivity contribution in [2.45, 2.75) is 30.2 Å². The summed E-state index contributed by atoms with van der Waals surface area (Å²) in [6.45, 7) is 3.09. The van der Waals surface area contributed by atoms with Gasteiger partial charge in [0.2, 0.25) is 11.8 Å². The van der Waals surface area contributed by atoms with Crippen LogP contribution in [0.15, 0.2) is 35.7 Å². The fraction of sp³-hybridized carbons (Fsp3) is 0.438. The molecule has 6 nitrogen and oxygen atoms in total. The summed E-state index contributed by atoms with van der Waals surface area (Å²) < 4.78 is 1.98. The molecule has 0 aliphatic carbocycles. The van der Waals surface area contributed by atoms with Crippen LogP contribution in [-0.2, 0) is 9.59 Å². The minimum atomic E-state index is -0.261. The van der Waals surface area contributed by atoms with Gasteiger partial charge in [0.1, 0.15) is 0 Å². The highest BCUT2D eigenvalue weighted by molar-refractivity contribution is 8.00. The Hall–Kier alpha value is -2.02. The first-order valence-corrected chi connectivity index (χ1v) is 8.61. The van der Waals surface area contributed by atoms with Gasteiger partial charge in [0.05, 0.1) is 17.0 Å². The number of nitrogens with two attached hydrogens (primary N) is 1. The van der Waals surface area contributed by atoms with Gasteiger partial charge < -0.3 is 10.6 Å². The molecule has 0 radical (unpaired) electrons. The van der Waals surface area contributed by atoms with E-state index < -0.39 is 0 Å². The van der Waals surface area contributed by atoms with E-state index in [-0.39, 0.29) is 23.0 Å². The first kappa shape index (κ1) is 15.9. The highest BCUT2D eigenvalue weighted by Gasteiger charge is 2.29. The molecule has 1 saturated heterocycles. The van der Waals surface area contributed by atoms with Gasteiger partial charge in [-0.05, 0) is 31.9 Å². The van der Waals surface area contributed by atoms with Crippen molar-refractivity contribution < 1.29 is 9.59 Å². The van der Waals surface area contributed by atoms with Gasteiger partial charge in [-0.25, -0.2) is 4.98 Å². The van der Waals surface area contributed by atoms with E-state index >= 15 is 0 Å². The smallest absolute Gasteiger partial charge is 0.235 e. The standard InChI is InChI=1S/C16H20N4O2S/c1-11(15(22)19-8-5-12(6-9-19)14(17)21)23-16-18-10-13-4-2-3-7-20(13)16/h2-4,7,10-12H,5-6,8-9H2,1H3,(H2,17,21). The van der Waals surface area contributed by atoms with Crippen LogP contribution in [0.1, 0.15) is 19.8 Å². The lowest BCUT2D eigenvalue weighted by molar-refractivity contribution is -0.134. The van der Waals surface area contributed by atoms with Crippen LogP contribution in [0.25, 0.3) is 5.52 Å². The van der Waals surface area contributed by atoms with Gasteiger partial charge in [-0.3, -0.25) is 14.0 Å². The lowest BCUT2D eigenvalue weighted by Crippen LogP contribution is -2.44. The number of carbonyl (C=O) groups excluding carboxylic acids is 2. The second-order valence-electron chi connectivity index (χ2n) is 5.80. The molecule has 2 aromatic rings. The lowest BCUT2D eigenvalue weighted by atomic mass is 9.96. The van der Waals surface area contributed by atoms with Gasteiger partial charge in [0.25, 0.3) is 0 Å². The zero-order valence-electron chi connectivity index (χ0n) is 13.0. The number of hydrogen-bond acceptors (Lipinski definition) is 4. The first-order chi connectivity index (χ1) is 11.1. The highest BCUT2D eigenvalue weighted by Crippen LogP contribution is 2.26. The molecule has 0 saturated carbocycles. The van der Waals surface area contributed by atoms with E-state index in [0.29, 0.717) is 25.9 Å². The Bertz CT molecular complexity index is 722. The number of rotatable bonds is 4. The van der Waals surface area contributed by atoms with Crippen molar-refractivity contribution in [3.05, 3.63) is 30.6 Å². The number of carbonyl (C=O) groups is 2. The molecule has 2 N–H and O–H groups in total. The molecule has 0 bridgehead atoms. The second-order valence-corrected chi connectivity index (χ2v) is 7.11. The van der Waals surface area contributed by atoms with Crippen LogP contribution in [0.4, 0.5) is 0 Å². The Balaban J connectivity index is 1.63. The highest BCUT2D eigenvalue weighted by atomic mass is 32.2. The molecule has 1 aliphatic heterocycles. The number of pyridine rings is 1. The summed E-state index contributed by atoms with van der Waals surface area (Å²) in [5.41, 5.74) is 6.35. The Labute approximate surface area is 139 Å². The quantitative estimate of drug-likeness (QED) is 0.861. The van der Waals surface area contributed by atoms with Gasteiger partial charge >= 0.3 is 0 Å². The number of nitrogens with zero attached hydrogens (tertiary/aromatic N) is 3. The summed E-state index contributed by atoms with van der Waals surface area (Å²) in [6.07, 6.45) is 5.06. The molecule has 2 amide bonds. The topological polar surface area (TPSA) is 80.7 Å². The molecule has 3 heterocycles. The predicted molar refractivity (Wildman–Crippen MR) is 89.0 cm³/mol. The number of thioether (sulfide) groups is 1. The maximum Gasteiger partial charge on any atom is 0.235 e. The van der Waals surface area contributed by atoms with Crippen molar-refractivity contribution in [3.63, 3.8) is 0 Å². The third kappa shape index (κ3) is 3.34. The summed E-state index contributed by atoms with van der Waals surface area (Å²) in [7, 11) is 0. The van der Waals surface area contributed by atoms with Gasteiger partial charge in [-0.15, -0.1) is 0 Å². The van der Waals surface area contributed by atoms with Crippen LogP contribution < -0.4 is 5.73 Å². The molecule has 2 aromatic heterocycles. The molecule has 0 aromatic carbocycles. The van der Waals surface area contributed by atoms with Crippen molar-refractivity contribution >= 4 is 29.1 Å². The average molecular weight is 332 g/mol. The number of hydrogen-bond donors (Lipinski definition) is 1. The fourth-order valence-corrected chi connectivity index (χ4v) is 3.82. The van der Waals surface area contributed by atoms with Gasteiger partial charge in [0, 0.05) is 25.2 Å². The van der Waals surface area contributed by atoms with Crippen LogP contribution in [-0.4, -0.2) is 44.4 Å². The third-order valence-electron chi connectivity index (χ3n) is 4.24. The molecule has 1 fully saturated rings. The predicted octanol–water partition coefficient (Wildman–Crippen LogP) is 1.54. The Morgan fingerprint density at radius 3 is 2.78 bits per heavy atom. The van der Waals surface area contributed by atoms with Gasteiger partial charge in [0.15, 0.2) is 5.16 Å². The zero-order valence-corrected chi connectivity index (χ0v) is 13.8. The number of amides is 2. The van der Waals surface area contributed by atoms with E-state index in [9.17, 15) is 9.59 Å². The number of piperidine rings is 1. The van der Waals surface area contributed by atoms with Crippen molar-refractivity contribution in [1.29, 1.82) is 0 Å². The molecular formula is C16H20N4O2S. The number of likely N-dealkylation sites (tertiary alicyclic amines) is 1. The molecule has 1 aliphatic rings. The summed E-state index contributed by atoms with van der Waals surface area (Å²) in [4.78, 5) is 30.0. The van der Waals surface area contributed by atoms with E-state index in [1.165, 1.54) is 11.8 Å². The maximum absolute atomic E-state index is 12.6. The Kier molecular flexibility index (Phi) is 4.56. The van der Waals surface area contributed by atoms with Crippen molar-refractivity contribution in [3.8, 4) is 0 Å². The van der Waals surface area contributed by atoms with Gasteiger partial charge in [-0.1, -0.05) is 17.8 Å². The fourth-order valence-electron chi connectivity index (χ4n) is 2.86. The van der Waals surface area contributed by atoms with Crippen molar-refractivity contribution in [2.24, 2.45) is 11.7 Å². The summed E-state index contributed by atoms with van der Waals surface area (Å²) in [5.74, 6) is -0.271. The maximum atomic E-state index is 12.6. The van der Waals surface area contributed by atoms with Crippen LogP contribution in [0.2, 0.25) is 0 Å². The van der Waals surface area contributed by atoms with Crippen LogP contribution in [0.5, 0.6) is 0 Å². The molecule has 122 valence electrons. The summed E-state index contributed by atoms with van der Waals surface area (Å²) >= 11 is 1.46. The minimum Gasteiger partial charge on any atom is -0.369 e. The zero-order chi connectivity index (χ0) is 16.4. The minimum absolute atomic E-state index is 0.0885. The van der Waals surface area contributed by atoms with Crippen LogP contribution in [0, 0.1) is 5.92 Å². The molecule has 3 rings (SSSR count). The van der Waals surface area contributed by atoms with E-state index in [2.05, 4.69) is 4.98 Å². The normalized spacial score (nSPS) is 17.3. The molecule has 7 heteroatoms. The molecule has 1 atom stereocenters. The van der Waals surface area contributed by atoms with Gasteiger partial charge in [-0.2, -0.15) is 0 Å². The molecule has 1 unspecified atom stereocenters. The molecular weight excluding hydrogens is 312 g/mol.